The molecule has 0 heterocycles. The molecule has 2 atom stereocenters. The van der Waals surface area contributed by atoms with Gasteiger partial charge in [-0.05, 0) is 13.0 Å². The quantitative estimate of drug-likeness (QED) is 0.740. The maximum atomic E-state index is 14.2. The van der Waals surface area contributed by atoms with Crippen molar-refractivity contribution in [3.8, 4) is 0 Å². The maximum absolute atomic E-state index is 14.2. The zero-order chi connectivity index (χ0) is 11.8. The van der Waals surface area contributed by atoms with Crippen molar-refractivity contribution in [1.29, 1.82) is 0 Å². The maximum Gasteiger partial charge on any atom is 0.312 e. The van der Waals surface area contributed by atoms with E-state index in [0.29, 0.717) is 0 Å². The minimum absolute atomic E-state index is 0.00671. The highest BCUT2D eigenvalue weighted by Gasteiger charge is 2.62. The van der Waals surface area contributed by atoms with E-state index in [0.717, 1.165) is 0 Å². The topological polar surface area (TPSA) is 26.3 Å². The van der Waals surface area contributed by atoms with Gasteiger partial charge in [0.2, 0.25) is 0 Å². The third-order valence-corrected chi connectivity index (χ3v) is 2.79. The Hall–Kier alpha value is -1.45. The molecule has 2 rings (SSSR count). The number of ether oxygens (including phenoxy) is 1. The highest BCUT2D eigenvalue weighted by molar-refractivity contribution is 5.78. The first-order chi connectivity index (χ1) is 7.59. The lowest BCUT2D eigenvalue weighted by Crippen LogP contribution is -2.14. The Morgan fingerprint density at radius 2 is 2.25 bits per heavy atom. The van der Waals surface area contributed by atoms with Gasteiger partial charge >= 0.3 is 5.97 Å². The lowest BCUT2D eigenvalue weighted by atomic mass is 10.1. The third-order valence-electron chi connectivity index (χ3n) is 2.79. The van der Waals surface area contributed by atoms with Gasteiger partial charge in [0.25, 0.3) is 0 Å². The van der Waals surface area contributed by atoms with Crippen molar-refractivity contribution >= 4 is 5.97 Å². The minimum atomic E-state index is -1.88. The zero-order valence-electron chi connectivity index (χ0n) is 8.87. The van der Waals surface area contributed by atoms with Crippen molar-refractivity contribution in [3.63, 3.8) is 0 Å². The van der Waals surface area contributed by atoms with E-state index in [9.17, 15) is 13.6 Å². The average Bonchev–Trinajstić information content (AvgIpc) is 2.93. The molecule has 0 radical (unpaired) electrons. The number of carbonyl (C=O) groups excluding carboxylic acids is 1. The molecule has 16 heavy (non-hydrogen) atoms. The van der Waals surface area contributed by atoms with Gasteiger partial charge in [-0.15, -0.1) is 0 Å². The number of benzene rings is 1. The number of hydrogen-bond donors (Lipinski definition) is 0. The molecular weight excluding hydrogens is 214 g/mol. The van der Waals surface area contributed by atoms with Crippen LogP contribution in [0.25, 0.3) is 0 Å². The van der Waals surface area contributed by atoms with E-state index in [1.807, 2.05) is 0 Å². The van der Waals surface area contributed by atoms with E-state index >= 15 is 0 Å². The van der Waals surface area contributed by atoms with Crippen molar-refractivity contribution in [2.75, 3.05) is 6.61 Å². The normalized spacial score (nSPS) is 27.6. The van der Waals surface area contributed by atoms with Crippen LogP contribution >= 0.6 is 0 Å². The van der Waals surface area contributed by atoms with Gasteiger partial charge in [-0.1, -0.05) is 18.2 Å². The molecule has 4 heteroatoms. The van der Waals surface area contributed by atoms with E-state index in [1.54, 1.807) is 13.0 Å². The van der Waals surface area contributed by atoms with E-state index in [4.69, 9.17) is 4.74 Å². The van der Waals surface area contributed by atoms with Crippen molar-refractivity contribution < 1.29 is 18.3 Å². The zero-order valence-corrected chi connectivity index (χ0v) is 8.87. The largest absolute Gasteiger partial charge is 0.466 e. The summed E-state index contributed by atoms with van der Waals surface area (Å²) in [5, 5.41) is 0. The second-order valence-electron chi connectivity index (χ2n) is 3.85. The molecule has 0 spiro atoms. The molecule has 0 aromatic heterocycles. The van der Waals surface area contributed by atoms with E-state index < -0.39 is 23.4 Å². The predicted octanol–water partition coefficient (Wildman–Crippen LogP) is 2.57. The summed E-state index contributed by atoms with van der Waals surface area (Å²) in [6.45, 7) is 1.87. The van der Waals surface area contributed by atoms with Crippen molar-refractivity contribution in [1.82, 2.24) is 0 Å². The van der Waals surface area contributed by atoms with Crippen LogP contribution in [0.3, 0.4) is 0 Å². The number of rotatable bonds is 3. The molecule has 1 aliphatic carbocycles. The smallest absolute Gasteiger partial charge is 0.312 e. The summed E-state index contributed by atoms with van der Waals surface area (Å²) >= 11 is 0. The fourth-order valence-electron chi connectivity index (χ4n) is 1.85. The third kappa shape index (κ3) is 1.68. The molecule has 2 nitrogen and oxygen atoms in total. The van der Waals surface area contributed by atoms with Crippen molar-refractivity contribution in [2.24, 2.45) is 5.92 Å². The predicted molar refractivity (Wildman–Crippen MR) is 53.9 cm³/mol. The van der Waals surface area contributed by atoms with Crippen LogP contribution in [-0.2, 0) is 15.2 Å². The monoisotopic (exact) mass is 226 g/mol. The first kappa shape index (κ1) is 11.0. The van der Waals surface area contributed by atoms with Crippen LogP contribution in [0.1, 0.15) is 18.9 Å². The molecule has 1 aliphatic rings. The molecule has 1 saturated carbocycles. The number of halogens is 2. The number of esters is 1. The summed E-state index contributed by atoms with van der Waals surface area (Å²) in [6, 6.07) is 5.61. The molecule has 0 N–H and O–H groups in total. The van der Waals surface area contributed by atoms with Crippen LogP contribution in [-0.4, -0.2) is 12.6 Å². The van der Waals surface area contributed by atoms with Gasteiger partial charge in [0, 0.05) is 12.0 Å². The summed E-state index contributed by atoms with van der Waals surface area (Å²) in [4.78, 5) is 11.3. The molecular formula is C12H12F2O2. The van der Waals surface area contributed by atoms with E-state index in [2.05, 4.69) is 0 Å². The molecule has 0 saturated heterocycles. The van der Waals surface area contributed by atoms with Gasteiger partial charge in [-0.3, -0.25) is 4.79 Å². The van der Waals surface area contributed by atoms with Gasteiger partial charge in [0.1, 0.15) is 5.82 Å². The van der Waals surface area contributed by atoms with Gasteiger partial charge in [-0.25, -0.2) is 8.78 Å². The number of hydrogen-bond acceptors (Lipinski definition) is 2. The molecule has 0 unspecified atom stereocenters. The van der Waals surface area contributed by atoms with Gasteiger partial charge < -0.3 is 4.74 Å². The Balaban J connectivity index is 2.19. The molecule has 0 bridgehead atoms. The van der Waals surface area contributed by atoms with E-state index in [-0.39, 0.29) is 18.6 Å². The Labute approximate surface area is 92.2 Å². The molecule has 0 aliphatic heterocycles. The standard InChI is InChI=1S/C12H12F2O2/c1-2-16-11(15)9-7-12(9,14)8-5-3-4-6-10(8)13/h3-6,9H,2,7H2,1H3/t9-,12+/m1/s1. The summed E-state index contributed by atoms with van der Waals surface area (Å²) in [6.07, 6.45) is 0.00671. The first-order valence-corrected chi connectivity index (χ1v) is 5.20. The van der Waals surface area contributed by atoms with Crippen LogP contribution in [0.4, 0.5) is 8.78 Å². The highest BCUT2D eigenvalue weighted by atomic mass is 19.2. The fourth-order valence-corrected chi connectivity index (χ4v) is 1.85. The molecule has 1 aromatic rings. The summed E-state index contributed by atoms with van der Waals surface area (Å²) in [7, 11) is 0. The Morgan fingerprint density at radius 3 is 2.88 bits per heavy atom. The van der Waals surface area contributed by atoms with E-state index in [1.165, 1.54) is 18.2 Å². The second kappa shape index (κ2) is 3.85. The fraction of sp³-hybridized carbons (Fsp3) is 0.417. The Morgan fingerprint density at radius 1 is 1.56 bits per heavy atom. The highest BCUT2D eigenvalue weighted by Crippen LogP contribution is 2.56. The molecule has 86 valence electrons. The summed E-state index contributed by atoms with van der Waals surface area (Å²) in [5.74, 6) is -2.06. The van der Waals surface area contributed by atoms with Crippen LogP contribution in [0.15, 0.2) is 24.3 Å². The molecule has 1 fully saturated rings. The Bertz CT molecular complexity index is 419. The number of alkyl halides is 1. The van der Waals surface area contributed by atoms with Crippen LogP contribution < -0.4 is 0 Å². The van der Waals surface area contributed by atoms with Gasteiger partial charge in [0.05, 0.1) is 12.5 Å². The second-order valence-corrected chi connectivity index (χ2v) is 3.85. The van der Waals surface area contributed by atoms with Crippen LogP contribution in [0, 0.1) is 11.7 Å². The van der Waals surface area contributed by atoms with Crippen LogP contribution in [0.2, 0.25) is 0 Å². The number of carbonyl (C=O) groups is 1. The minimum Gasteiger partial charge on any atom is -0.466 e. The van der Waals surface area contributed by atoms with Crippen molar-refractivity contribution in [3.05, 3.63) is 35.6 Å². The lowest BCUT2D eigenvalue weighted by Gasteiger charge is -2.08. The summed E-state index contributed by atoms with van der Waals surface area (Å²) in [5.41, 5.74) is -1.93. The van der Waals surface area contributed by atoms with Gasteiger partial charge in [0.15, 0.2) is 5.67 Å². The average molecular weight is 226 g/mol. The molecule has 0 amide bonds. The summed E-state index contributed by atoms with van der Waals surface area (Å²) < 4.78 is 32.3. The SMILES string of the molecule is CCOC(=O)[C@H]1C[C@]1(F)c1ccccc1F. The Kier molecular flexibility index (Phi) is 2.66. The first-order valence-electron chi connectivity index (χ1n) is 5.20. The lowest BCUT2D eigenvalue weighted by molar-refractivity contribution is -0.145. The molecule has 1 aromatic carbocycles. The van der Waals surface area contributed by atoms with Crippen LogP contribution in [0.5, 0.6) is 0 Å². The van der Waals surface area contributed by atoms with Crippen molar-refractivity contribution in [2.45, 2.75) is 19.0 Å². The van der Waals surface area contributed by atoms with Gasteiger partial charge in [-0.2, -0.15) is 0 Å².